The average molecular weight is 348 g/mol. The first-order valence-electron chi connectivity index (χ1n) is 7.57. The lowest BCUT2D eigenvalue weighted by Gasteiger charge is -2.27. The van der Waals surface area contributed by atoms with E-state index in [1.165, 1.54) is 11.8 Å². The van der Waals surface area contributed by atoms with Crippen LogP contribution >= 0.6 is 11.8 Å². The van der Waals surface area contributed by atoms with E-state index in [4.69, 9.17) is 18.9 Å². The fraction of sp³-hybridized carbons (Fsp3) is 0.375. The first kappa shape index (κ1) is 15.3. The van der Waals surface area contributed by atoms with E-state index in [-0.39, 0.29) is 12.7 Å². The van der Waals surface area contributed by atoms with E-state index < -0.39 is 0 Å². The van der Waals surface area contributed by atoms with Gasteiger partial charge in [0.05, 0.1) is 25.2 Å². The monoisotopic (exact) mass is 348 g/mol. The van der Waals surface area contributed by atoms with Crippen molar-refractivity contribution >= 4 is 28.9 Å². The molecule has 4 rings (SSSR count). The summed E-state index contributed by atoms with van der Waals surface area (Å²) in [5.41, 5.74) is 0.811. The van der Waals surface area contributed by atoms with Gasteiger partial charge >= 0.3 is 0 Å². The van der Waals surface area contributed by atoms with Crippen molar-refractivity contribution in [2.24, 2.45) is 4.99 Å². The Morgan fingerprint density at radius 2 is 2.12 bits per heavy atom. The van der Waals surface area contributed by atoms with Crippen LogP contribution in [0.3, 0.4) is 0 Å². The Balaban J connectivity index is 1.57. The standard InChI is InChI=1S/C16H16N2O5S/c1-20-11-6-10(7-12-14(11)23-9-22-12)8-13-15(19)17-16(24-13)18-2-4-21-5-3-18/h6-8H,2-5,9H2,1H3/b13-8+. The Labute approximate surface area is 143 Å². The molecule has 0 unspecified atom stereocenters. The lowest BCUT2D eigenvalue weighted by molar-refractivity contribution is -0.113. The second-order valence-corrected chi connectivity index (χ2v) is 6.38. The number of aliphatic imine (C=N–C) groups is 1. The van der Waals surface area contributed by atoms with Gasteiger partial charge in [-0.3, -0.25) is 4.79 Å². The third-order valence-electron chi connectivity index (χ3n) is 3.87. The predicted octanol–water partition coefficient (Wildman–Crippen LogP) is 1.73. The van der Waals surface area contributed by atoms with Gasteiger partial charge in [-0.25, -0.2) is 0 Å². The van der Waals surface area contributed by atoms with E-state index in [1.54, 1.807) is 13.2 Å². The highest BCUT2D eigenvalue weighted by molar-refractivity contribution is 8.18. The average Bonchev–Trinajstić information content (AvgIpc) is 3.22. The molecule has 0 radical (unpaired) electrons. The maximum atomic E-state index is 12.2. The Bertz CT molecular complexity index is 740. The maximum Gasteiger partial charge on any atom is 0.286 e. The summed E-state index contributed by atoms with van der Waals surface area (Å²) < 4.78 is 21.5. The zero-order valence-corrected chi connectivity index (χ0v) is 13.9. The molecule has 1 fully saturated rings. The van der Waals surface area contributed by atoms with Crippen LogP contribution in [0.15, 0.2) is 22.0 Å². The molecule has 8 heteroatoms. The van der Waals surface area contributed by atoms with Crippen molar-refractivity contribution in [2.75, 3.05) is 40.2 Å². The summed E-state index contributed by atoms with van der Waals surface area (Å²) in [5, 5.41) is 0.738. The van der Waals surface area contributed by atoms with Gasteiger partial charge in [0, 0.05) is 13.1 Å². The fourth-order valence-electron chi connectivity index (χ4n) is 2.67. The van der Waals surface area contributed by atoms with E-state index in [0.29, 0.717) is 35.4 Å². The van der Waals surface area contributed by atoms with Gasteiger partial charge in [-0.2, -0.15) is 4.99 Å². The van der Waals surface area contributed by atoms with E-state index in [0.717, 1.165) is 23.8 Å². The predicted molar refractivity (Wildman–Crippen MR) is 89.5 cm³/mol. The van der Waals surface area contributed by atoms with Gasteiger partial charge < -0.3 is 23.8 Å². The molecule has 0 spiro atoms. The van der Waals surface area contributed by atoms with E-state index >= 15 is 0 Å². The Morgan fingerprint density at radius 1 is 1.29 bits per heavy atom. The number of amides is 1. The highest BCUT2D eigenvalue weighted by Crippen LogP contribution is 2.43. The number of methoxy groups -OCH3 is 1. The Kier molecular flexibility index (Phi) is 4.07. The lowest BCUT2D eigenvalue weighted by atomic mass is 10.1. The highest BCUT2D eigenvalue weighted by atomic mass is 32.2. The summed E-state index contributed by atoms with van der Waals surface area (Å²) in [5.74, 6) is 1.57. The molecule has 3 heterocycles. The number of ether oxygens (including phenoxy) is 4. The molecule has 1 amide bonds. The number of carbonyl (C=O) groups excluding carboxylic acids is 1. The number of hydrogen-bond acceptors (Lipinski definition) is 7. The number of benzene rings is 1. The van der Waals surface area contributed by atoms with Crippen molar-refractivity contribution in [1.29, 1.82) is 0 Å². The first-order valence-corrected chi connectivity index (χ1v) is 8.39. The topological polar surface area (TPSA) is 69.6 Å². The van der Waals surface area contributed by atoms with Crippen molar-refractivity contribution in [1.82, 2.24) is 4.90 Å². The van der Waals surface area contributed by atoms with Gasteiger partial charge in [0.2, 0.25) is 12.5 Å². The molecule has 0 atom stereocenters. The third-order valence-corrected chi connectivity index (χ3v) is 4.91. The summed E-state index contributed by atoms with van der Waals surface area (Å²) in [6.45, 7) is 3.00. The van der Waals surface area contributed by atoms with Crippen LogP contribution in [0.4, 0.5) is 0 Å². The molecule has 1 aromatic rings. The summed E-state index contributed by atoms with van der Waals surface area (Å²) in [4.78, 5) is 19.0. The van der Waals surface area contributed by atoms with Crippen LogP contribution in [0.25, 0.3) is 6.08 Å². The molecular weight excluding hydrogens is 332 g/mol. The molecule has 1 aromatic carbocycles. The maximum absolute atomic E-state index is 12.2. The minimum Gasteiger partial charge on any atom is -0.493 e. The summed E-state index contributed by atoms with van der Waals surface area (Å²) in [6, 6.07) is 3.65. The molecule has 0 bridgehead atoms. The van der Waals surface area contributed by atoms with Gasteiger partial charge in [-0.15, -0.1) is 0 Å². The van der Waals surface area contributed by atoms with Crippen LogP contribution in [-0.2, 0) is 9.53 Å². The molecule has 7 nitrogen and oxygen atoms in total. The van der Waals surface area contributed by atoms with E-state index in [9.17, 15) is 4.79 Å². The number of fused-ring (bicyclic) bond motifs is 1. The molecule has 24 heavy (non-hydrogen) atoms. The summed E-state index contributed by atoms with van der Waals surface area (Å²) in [6.07, 6.45) is 1.80. The van der Waals surface area contributed by atoms with Crippen molar-refractivity contribution in [3.63, 3.8) is 0 Å². The number of thioether (sulfide) groups is 1. The SMILES string of the molecule is COc1cc(/C=C2/SC(N3CCOCC3)=NC2=O)cc2c1OCO2. The molecule has 3 aliphatic heterocycles. The number of hydrogen-bond donors (Lipinski definition) is 0. The van der Waals surface area contributed by atoms with E-state index in [1.807, 2.05) is 12.1 Å². The molecule has 1 saturated heterocycles. The molecule has 126 valence electrons. The van der Waals surface area contributed by atoms with Crippen LogP contribution < -0.4 is 14.2 Å². The number of amidine groups is 1. The quantitative estimate of drug-likeness (QED) is 0.754. The largest absolute Gasteiger partial charge is 0.493 e. The van der Waals surface area contributed by atoms with Crippen molar-refractivity contribution in [2.45, 2.75) is 0 Å². The third kappa shape index (κ3) is 2.83. The lowest BCUT2D eigenvalue weighted by Crippen LogP contribution is -2.38. The van der Waals surface area contributed by atoms with Crippen LogP contribution in [0.2, 0.25) is 0 Å². The smallest absolute Gasteiger partial charge is 0.286 e. The van der Waals surface area contributed by atoms with Gasteiger partial charge in [0.15, 0.2) is 16.7 Å². The summed E-state index contributed by atoms with van der Waals surface area (Å²) >= 11 is 1.39. The van der Waals surface area contributed by atoms with E-state index in [2.05, 4.69) is 9.89 Å². The second-order valence-electron chi connectivity index (χ2n) is 5.37. The Morgan fingerprint density at radius 3 is 2.92 bits per heavy atom. The minimum atomic E-state index is -0.224. The van der Waals surface area contributed by atoms with Gasteiger partial charge in [0.1, 0.15) is 0 Å². The van der Waals surface area contributed by atoms with Gasteiger partial charge in [-0.05, 0) is 35.5 Å². The molecule has 0 aliphatic carbocycles. The van der Waals surface area contributed by atoms with Crippen LogP contribution in [0.5, 0.6) is 17.2 Å². The highest BCUT2D eigenvalue weighted by Gasteiger charge is 2.27. The zero-order valence-electron chi connectivity index (χ0n) is 13.1. The van der Waals surface area contributed by atoms with Crippen LogP contribution in [0.1, 0.15) is 5.56 Å². The van der Waals surface area contributed by atoms with Gasteiger partial charge in [0.25, 0.3) is 5.91 Å². The molecule has 0 saturated carbocycles. The zero-order chi connectivity index (χ0) is 16.5. The normalized spacial score (nSPS) is 21.4. The van der Waals surface area contributed by atoms with Crippen molar-refractivity contribution in [3.05, 3.63) is 22.6 Å². The second kappa shape index (κ2) is 6.37. The number of morpholine rings is 1. The summed E-state index contributed by atoms with van der Waals surface area (Å²) in [7, 11) is 1.57. The number of nitrogens with zero attached hydrogens (tertiary/aromatic N) is 2. The number of carbonyl (C=O) groups is 1. The molecular formula is C16H16N2O5S. The Hall–Kier alpha value is -2.19. The first-order chi connectivity index (χ1) is 11.7. The van der Waals surface area contributed by atoms with Crippen LogP contribution in [0, 0.1) is 0 Å². The van der Waals surface area contributed by atoms with Crippen molar-refractivity contribution in [3.8, 4) is 17.2 Å². The minimum absolute atomic E-state index is 0.170. The van der Waals surface area contributed by atoms with Gasteiger partial charge in [-0.1, -0.05) is 0 Å². The fourth-order valence-corrected chi connectivity index (χ4v) is 3.64. The molecule has 0 aromatic heterocycles. The molecule has 0 N–H and O–H groups in total. The van der Waals surface area contributed by atoms with Crippen LogP contribution in [-0.4, -0.2) is 56.2 Å². The molecule has 3 aliphatic rings. The van der Waals surface area contributed by atoms with Crippen molar-refractivity contribution < 1.29 is 23.7 Å². The number of rotatable bonds is 2.